The summed E-state index contributed by atoms with van der Waals surface area (Å²) in [6.45, 7) is 0. The first-order chi connectivity index (χ1) is 13.2. The van der Waals surface area contributed by atoms with Gasteiger partial charge < -0.3 is 4.74 Å². The molecule has 132 valence electrons. The molecular formula is C24H17ClO2. The molecule has 4 aromatic rings. The Morgan fingerprint density at radius 2 is 1.44 bits per heavy atom. The van der Waals surface area contributed by atoms with Crippen LogP contribution < -0.4 is 0 Å². The van der Waals surface area contributed by atoms with Gasteiger partial charge in [-0.2, -0.15) is 0 Å². The molecule has 3 heteroatoms. The molecule has 0 radical (unpaired) electrons. The van der Waals surface area contributed by atoms with Gasteiger partial charge in [0.05, 0.1) is 12.7 Å². The monoisotopic (exact) mass is 372 g/mol. The average Bonchev–Trinajstić information content (AvgIpc) is 2.73. The van der Waals surface area contributed by atoms with Crippen LogP contribution in [0.3, 0.4) is 0 Å². The van der Waals surface area contributed by atoms with Crippen molar-refractivity contribution >= 4 is 28.3 Å². The number of halogens is 1. The zero-order valence-corrected chi connectivity index (χ0v) is 15.5. The summed E-state index contributed by atoms with van der Waals surface area (Å²) in [6.07, 6.45) is 0. The summed E-state index contributed by atoms with van der Waals surface area (Å²) >= 11 is 6.44. The molecule has 4 aromatic carbocycles. The van der Waals surface area contributed by atoms with Gasteiger partial charge in [0.1, 0.15) is 0 Å². The first kappa shape index (κ1) is 17.3. The second-order valence-electron chi connectivity index (χ2n) is 6.30. The van der Waals surface area contributed by atoms with Crippen LogP contribution in [0.4, 0.5) is 0 Å². The van der Waals surface area contributed by atoms with Crippen molar-refractivity contribution in [2.24, 2.45) is 0 Å². The molecule has 0 aliphatic carbocycles. The number of carbonyl (C=O) groups excluding carboxylic acids is 1. The molecule has 0 fully saturated rings. The molecule has 0 unspecified atom stereocenters. The van der Waals surface area contributed by atoms with E-state index in [0.29, 0.717) is 16.1 Å². The van der Waals surface area contributed by atoms with Crippen LogP contribution in [0.5, 0.6) is 0 Å². The highest BCUT2D eigenvalue weighted by Gasteiger charge is 2.16. The largest absolute Gasteiger partial charge is 0.465 e. The van der Waals surface area contributed by atoms with E-state index in [4.69, 9.17) is 16.3 Å². The molecule has 0 aliphatic heterocycles. The molecule has 0 spiro atoms. The van der Waals surface area contributed by atoms with Gasteiger partial charge in [0, 0.05) is 10.6 Å². The maximum absolute atomic E-state index is 12.2. The van der Waals surface area contributed by atoms with Crippen LogP contribution in [0.2, 0.25) is 5.02 Å². The topological polar surface area (TPSA) is 26.3 Å². The molecule has 0 N–H and O–H groups in total. The Labute approximate surface area is 163 Å². The fourth-order valence-corrected chi connectivity index (χ4v) is 3.59. The van der Waals surface area contributed by atoms with E-state index in [-0.39, 0.29) is 0 Å². The van der Waals surface area contributed by atoms with Crippen molar-refractivity contribution < 1.29 is 9.53 Å². The van der Waals surface area contributed by atoms with Gasteiger partial charge in [0.15, 0.2) is 0 Å². The van der Waals surface area contributed by atoms with Gasteiger partial charge >= 0.3 is 5.97 Å². The molecule has 0 bridgehead atoms. The Morgan fingerprint density at radius 3 is 2.19 bits per heavy atom. The maximum atomic E-state index is 12.2. The number of methoxy groups -OCH3 is 1. The molecule has 0 saturated carbocycles. The molecule has 0 aliphatic rings. The van der Waals surface area contributed by atoms with Gasteiger partial charge in [-0.25, -0.2) is 4.79 Å². The predicted molar refractivity (Wildman–Crippen MR) is 111 cm³/mol. The van der Waals surface area contributed by atoms with E-state index in [1.165, 1.54) is 7.11 Å². The minimum absolute atomic E-state index is 0.398. The lowest BCUT2D eigenvalue weighted by Crippen LogP contribution is -2.03. The predicted octanol–water partition coefficient (Wildman–Crippen LogP) is 6.61. The quantitative estimate of drug-likeness (QED) is 0.378. The number of benzene rings is 4. The van der Waals surface area contributed by atoms with E-state index in [1.807, 2.05) is 30.3 Å². The zero-order valence-electron chi connectivity index (χ0n) is 14.8. The second kappa shape index (κ2) is 7.26. The van der Waals surface area contributed by atoms with Crippen molar-refractivity contribution in [1.82, 2.24) is 0 Å². The van der Waals surface area contributed by atoms with Crippen LogP contribution in [0, 0.1) is 0 Å². The lowest BCUT2D eigenvalue weighted by Gasteiger charge is -2.12. The van der Waals surface area contributed by atoms with E-state index >= 15 is 0 Å². The summed E-state index contributed by atoms with van der Waals surface area (Å²) in [5.74, 6) is -0.398. The number of hydrogen-bond donors (Lipinski definition) is 0. The van der Waals surface area contributed by atoms with E-state index in [9.17, 15) is 4.79 Å². The molecule has 27 heavy (non-hydrogen) atoms. The third kappa shape index (κ3) is 3.32. The summed E-state index contributed by atoms with van der Waals surface area (Å²) in [5.41, 5.74) is 4.35. The summed E-state index contributed by atoms with van der Waals surface area (Å²) in [5, 5.41) is 2.74. The minimum Gasteiger partial charge on any atom is -0.465 e. The van der Waals surface area contributed by atoms with Gasteiger partial charge in [-0.15, -0.1) is 0 Å². The Hall–Kier alpha value is -3.10. The van der Waals surface area contributed by atoms with E-state index < -0.39 is 5.97 Å². The van der Waals surface area contributed by atoms with Crippen LogP contribution >= 0.6 is 11.6 Å². The lowest BCUT2D eigenvalue weighted by molar-refractivity contribution is 0.0601. The third-order valence-corrected chi connectivity index (χ3v) is 4.97. The van der Waals surface area contributed by atoms with Crippen LogP contribution in [-0.4, -0.2) is 13.1 Å². The molecule has 4 rings (SSSR count). The van der Waals surface area contributed by atoms with Gasteiger partial charge in [-0.1, -0.05) is 72.3 Å². The summed E-state index contributed by atoms with van der Waals surface area (Å²) < 4.78 is 4.92. The minimum atomic E-state index is -0.398. The fraction of sp³-hybridized carbons (Fsp3) is 0.0417. The molecule has 0 amide bonds. The van der Waals surface area contributed by atoms with Gasteiger partial charge in [-0.05, 0) is 51.7 Å². The number of hydrogen-bond acceptors (Lipinski definition) is 2. The van der Waals surface area contributed by atoms with Crippen molar-refractivity contribution in [3.63, 3.8) is 0 Å². The SMILES string of the molecule is COC(=O)c1cccc(Cl)c1-c1ccc2ccc(-c3ccccc3)cc2c1. The van der Waals surface area contributed by atoms with Crippen molar-refractivity contribution in [3.8, 4) is 22.3 Å². The maximum Gasteiger partial charge on any atom is 0.338 e. The highest BCUT2D eigenvalue weighted by Crippen LogP contribution is 2.34. The summed E-state index contributed by atoms with van der Waals surface area (Å²) in [4.78, 5) is 12.2. The molecule has 0 aromatic heterocycles. The number of fused-ring (bicyclic) bond motifs is 1. The van der Waals surface area contributed by atoms with E-state index in [2.05, 4.69) is 36.4 Å². The smallest absolute Gasteiger partial charge is 0.338 e. The Morgan fingerprint density at radius 1 is 0.741 bits per heavy atom. The Kier molecular flexibility index (Phi) is 4.66. The van der Waals surface area contributed by atoms with Crippen LogP contribution in [0.25, 0.3) is 33.0 Å². The van der Waals surface area contributed by atoms with Gasteiger partial charge in [-0.3, -0.25) is 0 Å². The van der Waals surface area contributed by atoms with Gasteiger partial charge in [0.25, 0.3) is 0 Å². The highest BCUT2D eigenvalue weighted by atomic mass is 35.5. The van der Waals surface area contributed by atoms with Crippen molar-refractivity contribution in [1.29, 1.82) is 0 Å². The normalized spacial score (nSPS) is 10.7. The molecule has 0 heterocycles. The number of carbonyl (C=O) groups is 1. The zero-order chi connectivity index (χ0) is 18.8. The lowest BCUT2D eigenvalue weighted by atomic mass is 9.95. The Balaban J connectivity index is 1.88. The van der Waals surface area contributed by atoms with Crippen molar-refractivity contribution in [2.45, 2.75) is 0 Å². The van der Waals surface area contributed by atoms with E-state index in [0.717, 1.165) is 27.5 Å². The Bertz CT molecular complexity index is 1130. The molecule has 2 nitrogen and oxygen atoms in total. The second-order valence-corrected chi connectivity index (χ2v) is 6.70. The summed E-state index contributed by atoms with van der Waals surface area (Å²) in [7, 11) is 1.37. The highest BCUT2D eigenvalue weighted by molar-refractivity contribution is 6.34. The number of esters is 1. The molecular weight excluding hydrogens is 356 g/mol. The van der Waals surface area contributed by atoms with Crippen LogP contribution in [0.1, 0.15) is 10.4 Å². The third-order valence-electron chi connectivity index (χ3n) is 4.65. The van der Waals surface area contributed by atoms with E-state index in [1.54, 1.807) is 18.2 Å². The number of ether oxygens (including phenoxy) is 1. The first-order valence-corrected chi connectivity index (χ1v) is 9.01. The average molecular weight is 373 g/mol. The molecule has 0 saturated heterocycles. The standard InChI is InChI=1S/C24H17ClO2/c1-27-24(26)21-8-5-9-22(25)23(21)19-13-11-17-10-12-18(14-20(17)15-19)16-6-3-2-4-7-16/h2-15H,1H3. The summed E-state index contributed by atoms with van der Waals surface area (Å²) in [6, 6.07) is 28.0. The van der Waals surface area contributed by atoms with Gasteiger partial charge in [0.2, 0.25) is 0 Å². The van der Waals surface area contributed by atoms with Crippen LogP contribution in [0.15, 0.2) is 84.9 Å². The number of rotatable bonds is 3. The van der Waals surface area contributed by atoms with Crippen molar-refractivity contribution in [3.05, 3.63) is 95.5 Å². The molecule has 0 atom stereocenters. The fourth-order valence-electron chi connectivity index (χ4n) is 3.31. The first-order valence-electron chi connectivity index (χ1n) is 8.64. The van der Waals surface area contributed by atoms with Crippen molar-refractivity contribution in [2.75, 3.05) is 7.11 Å². The van der Waals surface area contributed by atoms with Crippen LogP contribution in [-0.2, 0) is 4.74 Å².